The van der Waals surface area contributed by atoms with Gasteiger partial charge in [-0.25, -0.2) is 0 Å². The molecule has 16 heavy (non-hydrogen) atoms. The number of anilines is 1. The van der Waals surface area contributed by atoms with Crippen LogP contribution in [0.2, 0.25) is 0 Å². The number of nitrogens with one attached hydrogen (secondary N) is 1. The first-order valence-corrected chi connectivity index (χ1v) is 8.35. The highest BCUT2D eigenvalue weighted by Crippen LogP contribution is 2.52. The lowest BCUT2D eigenvalue weighted by molar-refractivity contribution is 0.587. The van der Waals surface area contributed by atoms with Crippen LogP contribution in [0.1, 0.15) is 13.3 Å². The Morgan fingerprint density at radius 2 is 2.19 bits per heavy atom. The molecule has 3 N–H and O–H groups in total. The van der Waals surface area contributed by atoms with E-state index in [0.29, 0.717) is 0 Å². The van der Waals surface area contributed by atoms with Crippen molar-refractivity contribution in [2.24, 2.45) is 10.3 Å². The summed E-state index contributed by atoms with van der Waals surface area (Å²) in [7, 11) is 0. The molecule has 0 bridgehead atoms. The Balaban J connectivity index is 2.45. The minimum atomic E-state index is -2.92. The highest BCUT2D eigenvalue weighted by atomic mass is 32.7. The van der Waals surface area contributed by atoms with Gasteiger partial charge in [-0.05, 0) is 18.6 Å². The van der Waals surface area contributed by atoms with Crippen molar-refractivity contribution in [1.29, 1.82) is 0 Å². The molecular formula is C10H16N3OPS. The minimum absolute atomic E-state index is 0.760. The van der Waals surface area contributed by atoms with Gasteiger partial charge in [0.1, 0.15) is 0 Å². The summed E-state index contributed by atoms with van der Waals surface area (Å²) in [5, 5.41) is 2.92. The van der Waals surface area contributed by atoms with Gasteiger partial charge in [-0.3, -0.25) is 10.1 Å². The Morgan fingerprint density at radius 3 is 2.81 bits per heavy atom. The summed E-state index contributed by atoms with van der Waals surface area (Å²) in [6.07, 6.45) is 2.34. The zero-order valence-electron chi connectivity index (χ0n) is 9.17. The second-order valence-corrected chi connectivity index (χ2v) is 7.52. The summed E-state index contributed by atoms with van der Waals surface area (Å²) in [6.45, 7) is -0.910. The topological polar surface area (TPSA) is 67.5 Å². The van der Waals surface area contributed by atoms with Crippen molar-refractivity contribution in [3.05, 3.63) is 30.3 Å². The van der Waals surface area contributed by atoms with Gasteiger partial charge in [0.2, 0.25) is 0 Å². The monoisotopic (exact) mass is 257 g/mol. The predicted octanol–water partition coefficient (Wildman–Crippen LogP) is 3.34. The molecule has 1 aromatic carbocycles. The molecule has 1 aromatic rings. The first-order chi connectivity index (χ1) is 7.64. The van der Waals surface area contributed by atoms with Crippen molar-refractivity contribution in [1.82, 2.24) is 0 Å². The van der Waals surface area contributed by atoms with Gasteiger partial charge in [-0.1, -0.05) is 36.5 Å². The Labute approximate surface area is 99.9 Å². The van der Waals surface area contributed by atoms with Crippen LogP contribution in [0.5, 0.6) is 0 Å². The maximum Gasteiger partial charge on any atom is 0.309 e. The fourth-order valence-corrected chi connectivity index (χ4v) is 3.38. The summed E-state index contributed by atoms with van der Waals surface area (Å²) < 4.78 is 15.5. The molecule has 0 aliphatic rings. The number of hydrogen-bond acceptors (Lipinski definition) is 2. The normalized spacial score (nSPS) is 14.9. The molecule has 88 valence electrons. The van der Waals surface area contributed by atoms with Crippen LogP contribution in [0.15, 0.2) is 35.1 Å². The molecule has 6 heteroatoms. The zero-order chi connectivity index (χ0) is 11.9. The lowest BCUT2D eigenvalue weighted by atomic mass is 10.3. The Bertz CT molecular complexity index is 383. The van der Waals surface area contributed by atoms with Crippen LogP contribution in [0.25, 0.3) is 0 Å². The molecule has 0 saturated carbocycles. The summed E-state index contributed by atoms with van der Waals surface area (Å²) in [4.78, 5) is 0. The molecule has 1 rings (SSSR count). The SMILES string of the molecule is CCCSP(N)(=O)N=CNc1ccccc1. The largest absolute Gasteiger partial charge is 0.346 e. The molecule has 1 atom stereocenters. The zero-order valence-corrected chi connectivity index (χ0v) is 10.9. The summed E-state index contributed by atoms with van der Waals surface area (Å²) in [6, 6.07) is 9.53. The molecule has 0 aromatic heterocycles. The highest BCUT2D eigenvalue weighted by Gasteiger charge is 2.12. The second-order valence-electron chi connectivity index (χ2n) is 3.15. The van der Waals surface area contributed by atoms with E-state index in [2.05, 4.69) is 10.1 Å². The second kappa shape index (κ2) is 6.74. The maximum absolute atomic E-state index is 11.7. The number of rotatable bonds is 6. The van der Waals surface area contributed by atoms with E-state index < -0.39 is 6.65 Å². The van der Waals surface area contributed by atoms with Gasteiger partial charge >= 0.3 is 6.65 Å². The molecule has 0 aliphatic heterocycles. The Hall–Kier alpha value is -0.770. The molecule has 0 heterocycles. The fourth-order valence-electron chi connectivity index (χ4n) is 0.974. The summed E-state index contributed by atoms with van der Waals surface area (Å²) >= 11 is 1.21. The number of nitrogens with two attached hydrogens (primary N) is 1. The van der Waals surface area contributed by atoms with Crippen molar-refractivity contribution in [3.8, 4) is 0 Å². The molecule has 0 saturated heterocycles. The van der Waals surface area contributed by atoms with Gasteiger partial charge in [0.05, 0.1) is 6.34 Å². The van der Waals surface area contributed by atoms with Crippen molar-refractivity contribution < 1.29 is 4.57 Å². The molecule has 0 spiro atoms. The third kappa shape index (κ3) is 5.35. The van der Waals surface area contributed by atoms with E-state index >= 15 is 0 Å². The minimum Gasteiger partial charge on any atom is -0.346 e. The van der Waals surface area contributed by atoms with Crippen LogP contribution in [-0.4, -0.2) is 12.1 Å². The van der Waals surface area contributed by atoms with Crippen LogP contribution in [0.3, 0.4) is 0 Å². The summed E-state index contributed by atoms with van der Waals surface area (Å²) in [5.41, 5.74) is 6.44. The van der Waals surface area contributed by atoms with Crippen LogP contribution >= 0.6 is 18.0 Å². The first kappa shape index (κ1) is 13.3. The van der Waals surface area contributed by atoms with Gasteiger partial charge in [0.15, 0.2) is 0 Å². The number of hydrogen-bond donors (Lipinski definition) is 2. The molecule has 4 nitrogen and oxygen atoms in total. The molecule has 0 radical (unpaired) electrons. The average Bonchev–Trinajstić information content (AvgIpc) is 2.28. The smallest absolute Gasteiger partial charge is 0.309 e. The molecular weight excluding hydrogens is 241 g/mol. The fraction of sp³-hybridized carbons (Fsp3) is 0.300. The molecule has 1 unspecified atom stereocenters. The van der Waals surface area contributed by atoms with E-state index in [0.717, 1.165) is 17.9 Å². The van der Waals surface area contributed by atoms with Crippen LogP contribution in [0, 0.1) is 0 Å². The maximum atomic E-state index is 11.7. The highest BCUT2D eigenvalue weighted by molar-refractivity contribution is 8.57. The van der Waals surface area contributed by atoms with E-state index in [1.807, 2.05) is 37.3 Å². The number of para-hydroxylation sites is 1. The third-order valence-electron chi connectivity index (χ3n) is 1.70. The number of nitrogens with zero attached hydrogens (tertiary/aromatic N) is 1. The van der Waals surface area contributed by atoms with Gasteiger partial charge in [0, 0.05) is 11.4 Å². The lowest BCUT2D eigenvalue weighted by Crippen LogP contribution is -1.96. The average molecular weight is 257 g/mol. The van der Waals surface area contributed by atoms with Gasteiger partial charge in [0.25, 0.3) is 0 Å². The third-order valence-corrected chi connectivity index (χ3v) is 5.04. The van der Waals surface area contributed by atoms with Gasteiger partial charge in [-0.2, -0.15) is 4.76 Å². The van der Waals surface area contributed by atoms with Crippen molar-refractivity contribution in [2.45, 2.75) is 13.3 Å². The Morgan fingerprint density at radius 1 is 1.50 bits per heavy atom. The Kier molecular flexibility index (Phi) is 5.60. The predicted molar refractivity (Wildman–Crippen MR) is 73.1 cm³/mol. The first-order valence-electron chi connectivity index (χ1n) is 5.03. The van der Waals surface area contributed by atoms with E-state index in [9.17, 15) is 4.57 Å². The molecule has 0 aliphatic carbocycles. The van der Waals surface area contributed by atoms with Crippen molar-refractivity contribution in [2.75, 3.05) is 11.1 Å². The van der Waals surface area contributed by atoms with E-state index in [1.165, 1.54) is 17.7 Å². The van der Waals surface area contributed by atoms with E-state index in [-0.39, 0.29) is 0 Å². The quantitative estimate of drug-likeness (QED) is 0.466. The molecule has 0 fully saturated rings. The van der Waals surface area contributed by atoms with Crippen LogP contribution in [-0.2, 0) is 4.57 Å². The summed E-state index contributed by atoms with van der Waals surface area (Å²) in [5.74, 6) is 0.760. The van der Waals surface area contributed by atoms with E-state index in [4.69, 9.17) is 5.50 Å². The number of benzene rings is 1. The van der Waals surface area contributed by atoms with E-state index in [1.54, 1.807) is 0 Å². The van der Waals surface area contributed by atoms with Crippen molar-refractivity contribution >= 4 is 30.1 Å². The van der Waals surface area contributed by atoms with Crippen LogP contribution in [0.4, 0.5) is 5.69 Å². The van der Waals surface area contributed by atoms with Crippen molar-refractivity contribution in [3.63, 3.8) is 0 Å². The van der Waals surface area contributed by atoms with Gasteiger partial charge in [-0.15, -0.1) is 0 Å². The van der Waals surface area contributed by atoms with Gasteiger partial charge < -0.3 is 5.32 Å². The molecule has 0 amide bonds. The lowest BCUT2D eigenvalue weighted by Gasteiger charge is -2.05. The van der Waals surface area contributed by atoms with Crippen LogP contribution < -0.4 is 10.8 Å². The standard InChI is InChI=1S/C10H16N3OPS/c1-2-8-16-15(11,14)13-9-12-10-6-4-3-5-7-10/h3-7,9H,2,8H2,1H3,(H3,11,12,13,14).